The van der Waals surface area contributed by atoms with Crippen molar-refractivity contribution in [3.8, 4) is 0 Å². The van der Waals surface area contributed by atoms with Gasteiger partial charge in [-0.25, -0.2) is 0 Å². The number of carbonyl (C=O) groups excluding carboxylic acids is 2. The van der Waals surface area contributed by atoms with Gasteiger partial charge in [-0.1, -0.05) is 78.9 Å². The third-order valence-electron chi connectivity index (χ3n) is 7.86. The number of amides is 2. The largest absolute Gasteiger partial charge is 0.341 e. The molecule has 0 radical (unpaired) electrons. The molecule has 36 heavy (non-hydrogen) atoms. The zero-order valence-electron chi connectivity index (χ0n) is 21.1. The third kappa shape index (κ3) is 5.36. The van der Waals surface area contributed by atoms with E-state index < -0.39 is 0 Å². The Hall–Kier alpha value is -3.44. The fraction of sp³-hybridized carbons (Fsp3) is 0.355. The molecule has 5 nitrogen and oxygen atoms in total. The van der Waals surface area contributed by atoms with Gasteiger partial charge < -0.3 is 14.7 Å². The van der Waals surface area contributed by atoms with Crippen LogP contribution in [-0.2, 0) is 11.3 Å². The molecule has 2 aliphatic rings. The summed E-state index contributed by atoms with van der Waals surface area (Å²) in [4.78, 5) is 31.8. The highest BCUT2D eigenvalue weighted by Gasteiger charge is 2.31. The molecule has 0 saturated carbocycles. The summed E-state index contributed by atoms with van der Waals surface area (Å²) in [5, 5.41) is 0. The number of likely N-dealkylation sites (N-methyl/N-ethyl adjacent to an activating group) is 1. The van der Waals surface area contributed by atoms with Crippen molar-refractivity contribution in [1.82, 2.24) is 14.7 Å². The quantitative estimate of drug-likeness (QED) is 0.465. The van der Waals surface area contributed by atoms with Gasteiger partial charge in [-0.05, 0) is 48.6 Å². The van der Waals surface area contributed by atoms with Crippen LogP contribution in [0.1, 0.15) is 52.2 Å². The Morgan fingerprint density at radius 1 is 0.889 bits per heavy atom. The van der Waals surface area contributed by atoms with Gasteiger partial charge in [0.2, 0.25) is 5.91 Å². The van der Waals surface area contributed by atoms with Gasteiger partial charge in [-0.2, -0.15) is 0 Å². The number of hydrogen-bond acceptors (Lipinski definition) is 3. The van der Waals surface area contributed by atoms with Crippen LogP contribution in [0.2, 0.25) is 0 Å². The minimum atomic E-state index is -0.0337. The molecule has 3 aromatic rings. The predicted octanol–water partition coefficient (Wildman–Crippen LogP) is 4.79. The summed E-state index contributed by atoms with van der Waals surface area (Å²) in [6.07, 6.45) is 3.01. The second-order valence-electron chi connectivity index (χ2n) is 10.1. The molecule has 0 bridgehead atoms. The van der Waals surface area contributed by atoms with Gasteiger partial charge in [0, 0.05) is 44.2 Å². The lowest BCUT2D eigenvalue weighted by Crippen LogP contribution is -2.48. The number of hydrogen-bond donors (Lipinski definition) is 0. The fourth-order valence-corrected chi connectivity index (χ4v) is 5.66. The summed E-state index contributed by atoms with van der Waals surface area (Å²) in [5.41, 5.74) is 4.46. The number of piperidine rings is 1. The molecule has 0 unspecified atom stereocenters. The van der Waals surface area contributed by atoms with Crippen molar-refractivity contribution < 1.29 is 9.59 Å². The van der Waals surface area contributed by atoms with Gasteiger partial charge in [0.25, 0.3) is 5.91 Å². The van der Waals surface area contributed by atoms with Crippen molar-refractivity contribution in [2.24, 2.45) is 0 Å². The van der Waals surface area contributed by atoms with E-state index in [0.29, 0.717) is 12.5 Å². The Kier molecular flexibility index (Phi) is 7.47. The summed E-state index contributed by atoms with van der Waals surface area (Å²) in [6.45, 7) is 3.70. The van der Waals surface area contributed by atoms with Crippen LogP contribution in [-0.4, -0.2) is 65.8 Å². The van der Waals surface area contributed by atoms with E-state index in [2.05, 4.69) is 65.6 Å². The van der Waals surface area contributed by atoms with Crippen LogP contribution >= 0.6 is 0 Å². The first-order valence-corrected chi connectivity index (χ1v) is 13.0. The number of nitrogens with zero attached hydrogens (tertiary/aromatic N) is 3. The van der Waals surface area contributed by atoms with Crippen LogP contribution in [0.5, 0.6) is 0 Å². The highest BCUT2D eigenvalue weighted by molar-refractivity contribution is 6.00. The normalized spacial score (nSPS) is 16.4. The van der Waals surface area contributed by atoms with Gasteiger partial charge in [-0.3, -0.25) is 9.59 Å². The molecule has 2 aliphatic heterocycles. The predicted molar refractivity (Wildman–Crippen MR) is 143 cm³/mol. The lowest BCUT2D eigenvalue weighted by atomic mass is 9.88. The highest BCUT2D eigenvalue weighted by atomic mass is 16.2. The molecule has 0 aromatic heterocycles. The molecular weight excluding hydrogens is 446 g/mol. The molecule has 5 heteroatoms. The second-order valence-corrected chi connectivity index (χ2v) is 10.1. The zero-order chi connectivity index (χ0) is 24.9. The van der Waals surface area contributed by atoms with Crippen molar-refractivity contribution in [1.29, 1.82) is 0 Å². The van der Waals surface area contributed by atoms with Crippen LogP contribution in [0.15, 0.2) is 84.9 Å². The summed E-state index contributed by atoms with van der Waals surface area (Å²) in [7, 11) is 1.90. The average Bonchev–Trinajstić information content (AvgIpc) is 3.25. The molecule has 0 spiro atoms. The summed E-state index contributed by atoms with van der Waals surface area (Å²) >= 11 is 0. The Bertz CT molecular complexity index is 1130. The fourth-order valence-electron chi connectivity index (χ4n) is 5.66. The van der Waals surface area contributed by atoms with Gasteiger partial charge in [0.15, 0.2) is 0 Å². The standard InChI is InChI=1S/C31H35N3O2/c1-32(30(35)23-34-22-26-14-8-9-15-29(26)31(34)36)27-16-19-33(20-17-27)21-18-28(24-10-4-2-5-11-24)25-12-6-3-7-13-25/h2-15,27-28H,16-23H2,1H3. The first-order chi connectivity index (χ1) is 17.6. The van der Waals surface area contributed by atoms with E-state index in [9.17, 15) is 9.59 Å². The van der Waals surface area contributed by atoms with Crippen molar-refractivity contribution in [3.05, 3.63) is 107 Å². The van der Waals surface area contributed by atoms with E-state index in [0.717, 1.165) is 50.0 Å². The van der Waals surface area contributed by atoms with E-state index >= 15 is 0 Å². The number of benzene rings is 3. The van der Waals surface area contributed by atoms with Crippen molar-refractivity contribution in [3.63, 3.8) is 0 Å². The molecule has 0 aliphatic carbocycles. The molecule has 1 saturated heterocycles. The molecule has 5 rings (SSSR count). The first kappa shape index (κ1) is 24.3. The van der Waals surface area contributed by atoms with Crippen molar-refractivity contribution >= 4 is 11.8 Å². The Balaban J connectivity index is 1.12. The maximum atomic E-state index is 13.0. The summed E-state index contributed by atoms with van der Waals surface area (Å²) < 4.78 is 0. The van der Waals surface area contributed by atoms with Gasteiger partial charge in [-0.15, -0.1) is 0 Å². The molecule has 2 amide bonds. The number of carbonyl (C=O) groups is 2. The molecule has 0 N–H and O–H groups in total. The Labute approximate surface area is 214 Å². The Morgan fingerprint density at radius 3 is 2.08 bits per heavy atom. The highest BCUT2D eigenvalue weighted by Crippen LogP contribution is 2.29. The topological polar surface area (TPSA) is 43.9 Å². The van der Waals surface area contributed by atoms with E-state index in [1.54, 1.807) is 4.90 Å². The molecule has 0 atom stereocenters. The molecule has 1 fully saturated rings. The minimum Gasteiger partial charge on any atom is -0.341 e. The van der Waals surface area contributed by atoms with Gasteiger partial charge in [0.1, 0.15) is 6.54 Å². The smallest absolute Gasteiger partial charge is 0.254 e. The molecular formula is C31H35N3O2. The van der Waals surface area contributed by atoms with E-state index in [-0.39, 0.29) is 24.4 Å². The lowest BCUT2D eigenvalue weighted by molar-refractivity contribution is -0.133. The van der Waals surface area contributed by atoms with Crippen LogP contribution in [0.25, 0.3) is 0 Å². The number of likely N-dealkylation sites (tertiary alicyclic amines) is 1. The lowest BCUT2D eigenvalue weighted by Gasteiger charge is -2.37. The van der Waals surface area contributed by atoms with E-state index in [1.807, 2.05) is 36.2 Å². The summed E-state index contributed by atoms with van der Waals surface area (Å²) in [5.74, 6) is 0.382. The SMILES string of the molecule is CN(C(=O)CN1Cc2ccccc2C1=O)C1CCN(CCC(c2ccccc2)c2ccccc2)CC1. The number of fused-ring (bicyclic) bond motifs is 1. The van der Waals surface area contributed by atoms with Crippen molar-refractivity contribution in [2.75, 3.05) is 33.2 Å². The molecule has 186 valence electrons. The second kappa shape index (κ2) is 11.1. The molecule has 2 heterocycles. The van der Waals surface area contributed by atoms with E-state index in [1.165, 1.54) is 11.1 Å². The molecule has 3 aromatic carbocycles. The monoisotopic (exact) mass is 481 g/mol. The third-order valence-corrected chi connectivity index (χ3v) is 7.86. The van der Waals surface area contributed by atoms with Crippen LogP contribution in [0.3, 0.4) is 0 Å². The van der Waals surface area contributed by atoms with Crippen LogP contribution in [0.4, 0.5) is 0 Å². The zero-order valence-corrected chi connectivity index (χ0v) is 21.1. The minimum absolute atomic E-state index is 0.0304. The maximum absolute atomic E-state index is 13.0. The van der Waals surface area contributed by atoms with E-state index in [4.69, 9.17) is 0 Å². The van der Waals surface area contributed by atoms with Gasteiger partial charge >= 0.3 is 0 Å². The van der Waals surface area contributed by atoms with Gasteiger partial charge in [0.05, 0.1) is 0 Å². The first-order valence-electron chi connectivity index (χ1n) is 13.0. The van der Waals surface area contributed by atoms with Crippen LogP contribution < -0.4 is 0 Å². The number of rotatable bonds is 8. The van der Waals surface area contributed by atoms with Crippen LogP contribution in [0, 0.1) is 0 Å². The summed E-state index contributed by atoms with van der Waals surface area (Å²) in [6, 6.07) is 29.4. The van der Waals surface area contributed by atoms with Crippen molar-refractivity contribution in [2.45, 2.75) is 37.8 Å². The Morgan fingerprint density at radius 2 is 1.47 bits per heavy atom. The average molecular weight is 482 g/mol. The maximum Gasteiger partial charge on any atom is 0.254 e.